The maximum absolute atomic E-state index is 11.7. The summed E-state index contributed by atoms with van der Waals surface area (Å²) >= 11 is 0. The average Bonchev–Trinajstić information content (AvgIpc) is 2.41. The Morgan fingerprint density at radius 2 is 1.86 bits per heavy atom. The first-order chi connectivity index (χ1) is 9.81. The minimum Gasteiger partial charge on any atom is -0.484 e. The van der Waals surface area contributed by atoms with Crippen LogP contribution >= 0.6 is 0 Å². The maximum Gasteiger partial charge on any atom is 0.258 e. The van der Waals surface area contributed by atoms with Gasteiger partial charge in [-0.1, -0.05) is 19.1 Å². The smallest absolute Gasteiger partial charge is 0.258 e. The molecule has 1 aromatic carbocycles. The Balaban J connectivity index is 2.46. The fourth-order valence-electron chi connectivity index (χ4n) is 1.93. The molecule has 0 aliphatic heterocycles. The zero-order chi connectivity index (χ0) is 15.9. The molecule has 4 nitrogen and oxygen atoms in total. The molecule has 1 amide bonds. The molecule has 0 saturated carbocycles. The second-order valence-corrected chi connectivity index (χ2v) is 6.33. The highest BCUT2D eigenvalue weighted by molar-refractivity contribution is 5.78. The molecule has 0 spiro atoms. The normalized spacial score (nSPS) is 12.8. The van der Waals surface area contributed by atoms with E-state index in [1.54, 1.807) is 0 Å². The van der Waals surface area contributed by atoms with E-state index in [1.807, 2.05) is 45.0 Å². The summed E-state index contributed by atoms with van der Waals surface area (Å²) < 4.78 is 5.50. The number of amides is 1. The average molecular weight is 292 g/mol. The lowest BCUT2D eigenvalue weighted by Crippen LogP contribution is -2.43. The van der Waals surface area contributed by atoms with Crippen LogP contribution in [0.15, 0.2) is 24.3 Å². The van der Waals surface area contributed by atoms with Gasteiger partial charge in [0.1, 0.15) is 5.75 Å². The van der Waals surface area contributed by atoms with E-state index in [4.69, 9.17) is 4.74 Å². The fourth-order valence-corrected chi connectivity index (χ4v) is 1.93. The summed E-state index contributed by atoms with van der Waals surface area (Å²) in [5, 5.41) is 6.31. The van der Waals surface area contributed by atoms with Gasteiger partial charge >= 0.3 is 0 Å². The quantitative estimate of drug-likeness (QED) is 0.812. The molecular weight excluding hydrogens is 264 g/mol. The van der Waals surface area contributed by atoms with Crippen molar-refractivity contribution in [1.82, 2.24) is 10.6 Å². The van der Waals surface area contributed by atoms with Gasteiger partial charge in [0.15, 0.2) is 6.61 Å². The van der Waals surface area contributed by atoms with Gasteiger partial charge < -0.3 is 15.4 Å². The Morgan fingerprint density at radius 3 is 2.38 bits per heavy atom. The Bertz CT molecular complexity index is 435. The lowest BCUT2D eigenvalue weighted by atomic mass is 10.1. The molecule has 2 N–H and O–H groups in total. The lowest BCUT2D eigenvalue weighted by molar-refractivity contribution is -0.124. The van der Waals surface area contributed by atoms with Gasteiger partial charge in [0, 0.05) is 11.6 Å². The van der Waals surface area contributed by atoms with Gasteiger partial charge in [0.05, 0.1) is 0 Å². The van der Waals surface area contributed by atoms with E-state index in [2.05, 4.69) is 24.5 Å². The molecule has 0 saturated heterocycles. The van der Waals surface area contributed by atoms with E-state index in [0.717, 1.165) is 13.0 Å². The van der Waals surface area contributed by atoms with E-state index in [-0.39, 0.29) is 18.1 Å². The summed E-state index contributed by atoms with van der Waals surface area (Å²) in [6.07, 6.45) is 1.12. The number of hydrogen-bond donors (Lipinski definition) is 2. The Kier molecular flexibility index (Phi) is 6.69. The van der Waals surface area contributed by atoms with Gasteiger partial charge in [0.2, 0.25) is 0 Å². The first-order valence-electron chi connectivity index (χ1n) is 7.59. The van der Waals surface area contributed by atoms with Crippen LogP contribution in [0.2, 0.25) is 0 Å². The van der Waals surface area contributed by atoms with Gasteiger partial charge in [-0.3, -0.25) is 4.79 Å². The SMILES string of the molecule is CCCNC(C)c1ccc(OCC(=O)NC(C)(C)C)cc1. The van der Waals surface area contributed by atoms with Crippen molar-refractivity contribution in [1.29, 1.82) is 0 Å². The molecule has 1 rings (SSSR count). The van der Waals surface area contributed by atoms with E-state index >= 15 is 0 Å². The highest BCUT2D eigenvalue weighted by Crippen LogP contribution is 2.17. The van der Waals surface area contributed by atoms with Crippen molar-refractivity contribution in [2.24, 2.45) is 0 Å². The Hall–Kier alpha value is -1.55. The number of nitrogens with one attached hydrogen (secondary N) is 2. The molecule has 1 unspecified atom stereocenters. The van der Waals surface area contributed by atoms with Crippen LogP contribution in [0.4, 0.5) is 0 Å². The third kappa shape index (κ3) is 7.14. The molecule has 21 heavy (non-hydrogen) atoms. The monoisotopic (exact) mass is 292 g/mol. The van der Waals surface area contributed by atoms with Crippen molar-refractivity contribution in [3.63, 3.8) is 0 Å². The molecule has 4 heteroatoms. The molecule has 0 aromatic heterocycles. The molecule has 0 heterocycles. The minimum atomic E-state index is -0.231. The van der Waals surface area contributed by atoms with Crippen molar-refractivity contribution >= 4 is 5.91 Å². The zero-order valence-electron chi connectivity index (χ0n) is 13.8. The van der Waals surface area contributed by atoms with Crippen molar-refractivity contribution in [2.45, 2.75) is 52.6 Å². The predicted molar refractivity (Wildman–Crippen MR) is 86.5 cm³/mol. The largest absolute Gasteiger partial charge is 0.484 e. The maximum atomic E-state index is 11.7. The molecule has 1 atom stereocenters. The topological polar surface area (TPSA) is 50.4 Å². The Labute approximate surface area is 128 Å². The van der Waals surface area contributed by atoms with Gasteiger partial charge in [-0.15, -0.1) is 0 Å². The molecule has 0 aliphatic rings. The molecule has 0 radical (unpaired) electrons. The summed E-state index contributed by atoms with van der Waals surface area (Å²) in [6, 6.07) is 8.20. The van der Waals surface area contributed by atoms with E-state index < -0.39 is 0 Å². The molecule has 0 bridgehead atoms. The highest BCUT2D eigenvalue weighted by Gasteiger charge is 2.14. The van der Waals surface area contributed by atoms with Gasteiger partial charge in [-0.25, -0.2) is 0 Å². The second-order valence-electron chi connectivity index (χ2n) is 6.33. The third-order valence-corrected chi connectivity index (χ3v) is 2.96. The molecule has 0 aliphatic carbocycles. The van der Waals surface area contributed by atoms with Crippen molar-refractivity contribution in [3.8, 4) is 5.75 Å². The lowest BCUT2D eigenvalue weighted by Gasteiger charge is -2.20. The summed E-state index contributed by atoms with van der Waals surface area (Å²) in [7, 11) is 0. The Morgan fingerprint density at radius 1 is 1.24 bits per heavy atom. The van der Waals surface area contributed by atoms with Gasteiger partial charge in [-0.2, -0.15) is 0 Å². The number of carbonyl (C=O) groups excluding carboxylic acids is 1. The molecule has 0 fully saturated rings. The van der Waals surface area contributed by atoms with Crippen molar-refractivity contribution in [3.05, 3.63) is 29.8 Å². The van der Waals surface area contributed by atoms with Crippen LogP contribution in [-0.2, 0) is 4.79 Å². The third-order valence-electron chi connectivity index (χ3n) is 2.96. The highest BCUT2D eigenvalue weighted by atomic mass is 16.5. The van der Waals surface area contributed by atoms with Crippen LogP contribution in [0.1, 0.15) is 52.6 Å². The molecular formula is C17H28N2O2. The summed E-state index contributed by atoms with van der Waals surface area (Å²) in [6.45, 7) is 11.2. The van der Waals surface area contributed by atoms with Crippen molar-refractivity contribution in [2.75, 3.05) is 13.2 Å². The second kappa shape index (κ2) is 8.03. The van der Waals surface area contributed by atoms with Crippen LogP contribution < -0.4 is 15.4 Å². The van der Waals surface area contributed by atoms with Crippen LogP contribution in [0.5, 0.6) is 5.75 Å². The van der Waals surface area contributed by atoms with Crippen LogP contribution in [0.3, 0.4) is 0 Å². The standard InChI is InChI=1S/C17H28N2O2/c1-6-11-18-13(2)14-7-9-15(10-8-14)21-12-16(20)19-17(3,4)5/h7-10,13,18H,6,11-12H2,1-5H3,(H,19,20). The van der Waals surface area contributed by atoms with Crippen molar-refractivity contribution < 1.29 is 9.53 Å². The molecule has 1 aromatic rings. The minimum absolute atomic E-state index is 0.0419. The van der Waals surface area contributed by atoms with Gasteiger partial charge in [-0.05, 0) is 58.4 Å². The van der Waals surface area contributed by atoms with E-state index in [9.17, 15) is 4.79 Å². The number of carbonyl (C=O) groups is 1. The van der Waals surface area contributed by atoms with E-state index in [0.29, 0.717) is 11.8 Å². The van der Waals surface area contributed by atoms with E-state index in [1.165, 1.54) is 5.56 Å². The van der Waals surface area contributed by atoms with Crippen LogP contribution in [-0.4, -0.2) is 24.6 Å². The fraction of sp³-hybridized carbons (Fsp3) is 0.588. The summed E-state index contributed by atoms with van der Waals surface area (Å²) in [5.74, 6) is 0.607. The first kappa shape index (κ1) is 17.5. The predicted octanol–water partition coefficient (Wildman–Crippen LogP) is 3.04. The van der Waals surface area contributed by atoms with Gasteiger partial charge in [0.25, 0.3) is 5.91 Å². The summed E-state index contributed by atoms with van der Waals surface area (Å²) in [5.41, 5.74) is 0.986. The number of benzene rings is 1. The number of hydrogen-bond acceptors (Lipinski definition) is 3. The number of rotatable bonds is 7. The van der Waals surface area contributed by atoms with Crippen LogP contribution in [0.25, 0.3) is 0 Å². The summed E-state index contributed by atoms with van der Waals surface area (Å²) in [4.78, 5) is 11.7. The number of ether oxygens (including phenoxy) is 1. The van der Waals surface area contributed by atoms with Crippen LogP contribution in [0, 0.1) is 0 Å². The zero-order valence-corrected chi connectivity index (χ0v) is 13.8. The first-order valence-corrected chi connectivity index (χ1v) is 7.59. The molecule has 118 valence electrons.